The molecule has 0 radical (unpaired) electrons. The normalized spacial score (nSPS) is 13.6. The molecule has 0 unspecified atom stereocenters. The number of carbonyl (C=O) groups excluding carboxylic acids is 1. The second-order valence-electron chi connectivity index (χ2n) is 4.59. The summed E-state index contributed by atoms with van der Waals surface area (Å²) < 4.78 is 6.78. The van der Waals surface area contributed by atoms with Crippen LogP contribution in [0.5, 0.6) is 0 Å². The molecule has 2 aromatic rings. The Hall–Kier alpha value is -2.53. The summed E-state index contributed by atoms with van der Waals surface area (Å²) in [4.78, 5) is 18.3. The summed E-state index contributed by atoms with van der Waals surface area (Å²) in [6.45, 7) is 2.10. The topological polar surface area (TPSA) is 97.2 Å². The molecule has 0 fully saturated rings. The van der Waals surface area contributed by atoms with Gasteiger partial charge in [-0.25, -0.2) is 9.78 Å². The van der Waals surface area contributed by atoms with Crippen molar-refractivity contribution in [1.82, 2.24) is 9.55 Å². The van der Waals surface area contributed by atoms with Crippen LogP contribution >= 0.6 is 11.3 Å². The Kier molecular flexibility index (Phi) is 3.27. The molecule has 0 saturated carbocycles. The SMILES string of the molecule is COC(=O)c1sc(N2CCn3ccnc3C2)c(C#N)c1N. The number of rotatable bonds is 2. The van der Waals surface area contributed by atoms with Crippen molar-refractivity contribution in [3.8, 4) is 6.07 Å². The summed E-state index contributed by atoms with van der Waals surface area (Å²) in [6, 6.07) is 2.09. The molecule has 0 atom stereocenters. The van der Waals surface area contributed by atoms with E-state index in [4.69, 9.17) is 10.5 Å². The lowest BCUT2D eigenvalue weighted by Crippen LogP contribution is -2.33. The number of fused-ring (bicyclic) bond motifs is 1. The van der Waals surface area contributed by atoms with Gasteiger partial charge in [0.1, 0.15) is 27.3 Å². The minimum absolute atomic E-state index is 0.193. The number of hydrogen-bond acceptors (Lipinski definition) is 7. The van der Waals surface area contributed by atoms with Gasteiger partial charge in [-0.1, -0.05) is 0 Å². The second-order valence-corrected chi connectivity index (χ2v) is 5.59. The minimum Gasteiger partial charge on any atom is -0.465 e. The number of carbonyl (C=O) groups is 1. The summed E-state index contributed by atoms with van der Waals surface area (Å²) in [7, 11) is 1.30. The van der Waals surface area contributed by atoms with E-state index in [1.165, 1.54) is 18.4 Å². The van der Waals surface area contributed by atoms with Crippen LogP contribution in [0.15, 0.2) is 12.4 Å². The molecule has 2 N–H and O–H groups in total. The van der Waals surface area contributed by atoms with Crippen molar-refractivity contribution >= 4 is 28.0 Å². The number of esters is 1. The fourth-order valence-corrected chi connectivity index (χ4v) is 3.47. The van der Waals surface area contributed by atoms with Gasteiger partial charge in [-0.3, -0.25) is 0 Å². The number of nitrogens with two attached hydrogens (primary N) is 1. The lowest BCUT2D eigenvalue weighted by Gasteiger charge is -2.28. The van der Waals surface area contributed by atoms with Gasteiger partial charge >= 0.3 is 5.97 Å². The zero-order valence-electron chi connectivity index (χ0n) is 11.4. The Labute approximate surface area is 125 Å². The van der Waals surface area contributed by atoms with Crippen molar-refractivity contribution < 1.29 is 9.53 Å². The zero-order chi connectivity index (χ0) is 15.0. The number of hydrogen-bond donors (Lipinski definition) is 1. The standard InChI is InChI=1S/C13H13N5O2S/c1-20-13(19)11-10(15)8(6-14)12(21-11)18-5-4-17-3-2-16-9(17)7-18/h2-3H,4-5,7,15H2,1H3. The number of anilines is 2. The summed E-state index contributed by atoms with van der Waals surface area (Å²) in [5.74, 6) is 0.412. The highest BCUT2D eigenvalue weighted by molar-refractivity contribution is 7.18. The third kappa shape index (κ3) is 2.11. The molecular weight excluding hydrogens is 290 g/mol. The first-order valence-corrected chi connectivity index (χ1v) is 7.13. The van der Waals surface area contributed by atoms with Crippen LogP contribution in [0.4, 0.5) is 10.7 Å². The van der Waals surface area contributed by atoms with E-state index in [1.54, 1.807) is 6.20 Å². The van der Waals surface area contributed by atoms with E-state index in [9.17, 15) is 10.1 Å². The monoisotopic (exact) mass is 303 g/mol. The Balaban J connectivity index is 2.00. The summed E-state index contributed by atoms with van der Waals surface area (Å²) in [5.41, 5.74) is 6.44. The van der Waals surface area contributed by atoms with Crippen molar-refractivity contribution in [2.45, 2.75) is 13.1 Å². The number of methoxy groups -OCH3 is 1. The van der Waals surface area contributed by atoms with Crippen molar-refractivity contribution in [2.24, 2.45) is 0 Å². The smallest absolute Gasteiger partial charge is 0.350 e. The van der Waals surface area contributed by atoms with E-state index < -0.39 is 5.97 Å². The quantitative estimate of drug-likeness (QED) is 0.837. The molecule has 1 aliphatic heterocycles. The second kappa shape index (κ2) is 5.10. The average Bonchev–Trinajstić information content (AvgIpc) is 3.09. The Morgan fingerprint density at radius 3 is 3.10 bits per heavy atom. The van der Waals surface area contributed by atoms with E-state index in [1.807, 2.05) is 11.1 Å². The molecule has 0 saturated heterocycles. The minimum atomic E-state index is -0.515. The molecule has 0 spiro atoms. The van der Waals surface area contributed by atoms with Crippen LogP contribution in [0.25, 0.3) is 0 Å². The maximum atomic E-state index is 11.7. The van der Waals surface area contributed by atoms with Gasteiger partial charge in [0.2, 0.25) is 0 Å². The van der Waals surface area contributed by atoms with Gasteiger partial charge < -0.3 is 19.9 Å². The molecule has 2 aromatic heterocycles. The van der Waals surface area contributed by atoms with Crippen LogP contribution in [-0.4, -0.2) is 29.2 Å². The summed E-state index contributed by atoms with van der Waals surface area (Å²) in [6.07, 6.45) is 3.69. The molecule has 3 heterocycles. The molecule has 3 rings (SSSR count). The number of ether oxygens (including phenoxy) is 1. The molecule has 1 aliphatic rings. The van der Waals surface area contributed by atoms with Gasteiger partial charge in [-0.05, 0) is 0 Å². The molecule has 7 nitrogen and oxygen atoms in total. The van der Waals surface area contributed by atoms with Gasteiger partial charge in [-0.2, -0.15) is 5.26 Å². The number of nitrogens with zero attached hydrogens (tertiary/aromatic N) is 4. The van der Waals surface area contributed by atoms with E-state index in [0.29, 0.717) is 17.1 Å². The predicted octanol–water partition coefficient (Wildman–Crippen LogP) is 1.21. The highest BCUT2D eigenvalue weighted by Gasteiger charge is 2.27. The fourth-order valence-electron chi connectivity index (χ4n) is 2.35. The molecular formula is C13H13N5O2S. The number of aromatic nitrogens is 2. The lowest BCUT2D eigenvalue weighted by atomic mass is 10.2. The molecule has 0 bridgehead atoms. The van der Waals surface area contributed by atoms with Crippen LogP contribution in [0.3, 0.4) is 0 Å². The van der Waals surface area contributed by atoms with Crippen LogP contribution in [-0.2, 0) is 17.8 Å². The largest absolute Gasteiger partial charge is 0.465 e. The number of thiophene rings is 1. The van der Waals surface area contributed by atoms with Crippen molar-refractivity contribution in [3.63, 3.8) is 0 Å². The highest BCUT2D eigenvalue weighted by Crippen LogP contribution is 2.39. The first kappa shape index (κ1) is 13.5. The Morgan fingerprint density at radius 1 is 1.57 bits per heavy atom. The number of nitriles is 1. The van der Waals surface area contributed by atoms with Gasteiger partial charge in [0.15, 0.2) is 0 Å². The van der Waals surface area contributed by atoms with Gasteiger partial charge in [0, 0.05) is 25.5 Å². The summed E-state index contributed by atoms with van der Waals surface area (Å²) >= 11 is 1.19. The van der Waals surface area contributed by atoms with E-state index >= 15 is 0 Å². The van der Waals surface area contributed by atoms with Crippen molar-refractivity contribution in [2.75, 3.05) is 24.3 Å². The van der Waals surface area contributed by atoms with E-state index in [-0.39, 0.29) is 10.6 Å². The first-order chi connectivity index (χ1) is 10.2. The molecule has 0 aliphatic carbocycles. The molecule has 108 valence electrons. The van der Waals surface area contributed by atoms with Crippen molar-refractivity contribution in [1.29, 1.82) is 5.26 Å². The predicted molar refractivity (Wildman–Crippen MR) is 78.1 cm³/mol. The Bertz CT molecular complexity index is 742. The first-order valence-electron chi connectivity index (χ1n) is 6.31. The van der Waals surface area contributed by atoms with Crippen LogP contribution in [0, 0.1) is 11.3 Å². The number of nitrogen functional groups attached to an aromatic ring is 1. The Morgan fingerprint density at radius 2 is 2.38 bits per heavy atom. The maximum Gasteiger partial charge on any atom is 0.350 e. The van der Waals surface area contributed by atoms with Crippen molar-refractivity contribution in [3.05, 3.63) is 28.7 Å². The van der Waals surface area contributed by atoms with E-state index in [2.05, 4.69) is 15.6 Å². The highest BCUT2D eigenvalue weighted by atomic mass is 32.1. The van der Waals surface area contributed by atoms with Crippen LogP contribution in [0.1, 0.15) is 21.1 Å². The molecule has 0 amide bonds. The summed E-state index contributed by atoms with van der Waals surface area (Å²) in [5, 5.41) is 10.0. The molecule has 0 aromatic carbocycles. The number of imidazole rings is 1. The van der Waals surface area contributed by atoms with E-state index in [0.717, 1.165) is 18.9 Å². The zero-order valence-corrected chi connectivity index (χ0v) is 12.2. The van der Waals surface area contributed by atoms with Crippen LogP contribution in [0.2, 0.25) is 0 Å². The lowest BCUT2D eigenvalue weighted by molar-refractivity contribution is 0.0607. The van der Waals surface area contributed by atoms with Crippen LogP contribution < -0.4 is 10.6 Å². The molecule has 21 heavy (non-hydrogen) atoms. The average molecular weight is 303 g/mol. The van der Waals surface area contributed by atoms with Gasteiger partial charge in [-0.15, -0.1) is 11.3 Å². The maximum absolute atomic E-state index is 11.7. The van der Waals surface area contributed by atoms with Gasteiger partial charge in [0.05, 0.1) is 19.3 Å². The fraction of sp³-hybridized carbons (Fsp3) is 0.308. The van der Waals surface area contributed by atoms with Gasteiger partial charge in [0.25, 0.3) is 0 Å². The third-order valence-electron chi connectivity index (χ3n) is 3.44. The molecule has 8 heteroatoms. The third-order valence-corrected chi connectivity index (χ3v) is 4.69.